The van der Waals surface area contributed by atoms with E-state index in [1.165, 1.54) is 161 Å². The van der Waals surface area contributed by atoms with Crippen LogP contribution >= 0.6 is 0 Å². The lowest BCUT2D eigenvalue weighted by Crippen LogP contribution is -2.49. The summed E-state index contributed by atoms with van der Waals surface area (Å²) < 4.78 is 0. The Morgan fingerprint density at radius 1 is 0.479 bits per heavy atom. The van der Waals surface area contributed by atoms with Crippen molar-refractivity contribution in [1.29, 1.82) is 0 Å². The molecule has 5 nitrogen and oxygen atoms in total. The highest BCUT2D eigenvalue weighted by atomic mass is 16.3. The fraction of sp³-hybridized carbons (Fsp3) is 0.930. The predicted octanol–water partition coefficient (Wildman–Crippen LogP) is 12.0. The molecule has 0 saturated carbocycles. The summed E-state index contributed by atoms with van der Waals surface area (Å²) in [6.45, 7) is 4.23. The zero-order chi connectivity index (χ0) is 35.2. The van der Waals surface area contributed by atoms with Crippen LogP contribution in [0.15, 0.2) is 12.2 Å². The number of carbonyl (C=O) groups excluding carboxylic acids is 1. The van der Waals surface area contributed by atoms with Gasteiger partial charge in [-0.25, -0.2) is 0 Å². The van der Waals surface area contributed by atoms with Gasteiger partial charge in [0.15, 0.2) is 0 Å². The largest absolute Gasteiger partial charge is 0.394 e. The fourth-order valence-electron chi connectivity index (χ4n) is 6.72. The molecule has 3 atom stereocenters. The topological polar surface area (TPSA) is 89.8 Å². The second kappa shape index (κ2) is 38.9. The molecule has 0 fully saturated rings. The molecule has 0 saturated heterocycles. The Balaban J connectivity index is 3.64. The number of amides is 1. The van der Waals surface area contributed by atoms with Gasteiger partial charge < -0.3 is 20.6 Å². The lowest BCUT2D eigenvalue weighted by Gasteiger charge is -2.23. The number of carbonyl (C=O) groups is 1. The average Bonchev–Trinajstić information content (AvgIpc) is 3.09. The van der Waals surface area contributed by atoms with E-state index in [1.807, 2.05) is 0 Å². The van der Waals surface area contributed by atoms with Crippen molar-refractivity contribution in [1.82, 2.24) is 5.32 Å². The van der Waals surface area contributed by atoms with Crippen molar-refractivity contribution in [3.63, 3.8) is 0 Å². The first-order valence-corrected chi connectivity index (χ1v) is 21.5. The minimum absolute atomic E-state index is 0.314. The van der Waals surface area contributed by atoms with Gasteiger partial charge in [0.1, 0.15) is 6.10 Å². The van der Waals surface area contributed by atoms with Crippen LogP contribution in [-0.2, 0) is 4.79 Å². The van der Waals surface area contributed by atoms with Gasteiger partial charge in [0, 0.05) is 0 Å². The molecule has 0 bridgehead atoms. The van der Waals surface area contributed by atoms with E-state index < -0.39 is 24.2 Å². The molecule has 0 aliphatic carbocycles. The van der Waals surface area contributed by atoms with E-state index in [2.05, 4.69) is 31.3 Å². The summed E-state index contributed by atoms with van der Waals surface area (Å²) in [6.07, 6.45) is 44.9. The van der Waals surface area contributed by atoms with Crippen molar-refractivity contribution in [2.75, 3.05) is 6.61 Å². The molecule has 0 aliphatic heterocycles. The molecule has 5 heteroatoms. The van der Waals surface area contributed by atoms with Gasteiger partial charge in [-0.2, -0.15) is 0 Å². The lowest BCUT2D eigenvalue weighted by atomic mass is 10.0. The van der Waals surface area contributed by atoms with Crippen LogP contribution < -0.4 is 5.32 Å². The predicted molar refractivity (Wildman–Crippen MR) is 208 cm³/mol. The van der Waals surface area contributed by atoms with Gasteiger partial charge in [-0.05, 0) is 38.5 Å². The molecular weight excluding hydrogens is 594 g/mol. The smallest absolute Gasteiger partial charge is 0.249 e. The van der Waals surface area contributed by atoms with Gasteiger partial charge in [-0.1, -0.05) is 206 Å². The minimum Gasteiger partial charge on any atom is -0.394 e. The first-order valence-electron chi connectivity index (χ1n) is 21.5. The van der Waals surface area contributed by atoms with E-state index in [9.17, 15) is 20.1 Å². The van der Waals surface area contributed by atoms with E-state index in [0.29, 0.717) is 12.8 Å². The van der Waals surface area contributed by atoms with E-state index in [0.717, 1.165) is 44.9 Å². The number of hydrogen-bond acceptors (Lipinski definition) is 4. The Morgan fingerprint density at radius 3 is 1.15 bits per heavy atom. The zero-order valence-corrected chi connectivity index (χ0v) is 32.4. The lowest BCUT2D eigenvalue weighted by molar-refractivity contribution is -0.131. The highest BCUT2D eigenvalue weighted by Crippen LogP contribution is 2.16. The molecule has 0 spiro atoms. The van der Waals surface area contributed by atoms with Crippen LogP contribution in [0.4, 0.5) is 0 Å². The minimum atomic E-state index is -1.08. The maximum absolute atomic E-state index is 12.5. The Labute approximate surface area is 299 Å². The van der Waals surface area contributed by atoms with E-state index in [4.69, 9.17) is 0 Å². The van der Waals surface area contributed by atoms with Crippen molar-refractivity contribution < 1.29 is 20.1 Å². The highest BCUT2D eigenvalue weighted by molar-refractivity contribution is 5.80. The maximum atomic E-state index is 12.5. The number of nitrogens with one attached hydrogen (secondary N) is 1. The summed E-state index contributed by atoms with van der Waals surface area (Å²) in [7, 11) is 0. The first-order chi connectivity index (χ1) is 23.6. The number of allylic oxidation sites excluding steroid dienone is 2. The SMILES string of the molecule is CCCCCCCCCCC/C=C\CCCCCCC(O)C(=O)NC(CO)C(O)CCCCCCCCCCCCCCCCCCC. The van der Waals surface area contributed by atoms with Gasteiger partial charge in [-0.3, -0.25) is 4.79 Å². The highest BCUT2D eigenvalue weighted by Gasteiger charge is 2.23. The zero-order valence-electron chi connectivity index (χ0n) is 32.4. The molecule has 3 unspecified atom stereocenters. The van der Waals surface area contributed by atoms with Gasteiger partial charge in [-0.15, -0.1) is 0 Å². The third-order valence-corrected chi connectivity index (χ3v) is 10.1. The summed E-state index contributed by atoms with van der Waals surface area (Å²) >= 11 is 0. The van der Waals surface area contributed by atoms with Crippen LogP contribution in [0.1, 0.15) is 232 Å². The van der Waals surface area contributed by atoms with Gasteiger partial charge in [0.25, 0.3) is 0 Å². The molecule has 48 heavy (non-hydrogen) atoms. The van der Waals surface area contributed by atoms with Gasteiger partial charge in [0.2, 0.25) is 5.91 Å². The normalized spacial score (nSPS) is 13.7. The maximum Gasteiger partial charge on any atom is 0.249 e. The molecule has 0 rings (SSSR count). The molecule has 0 heterocycles. The van der Waals surface area contributed by atoms with E-state index >= 15 is 0 Å². The summed E-state index contributed by atoms with van der Waals surface area (Å²) in [6, 6.07) is -0.712. The fourth-order valence-corrected chi connectivity index (χ4v) is 6.72. The monoisotopic (exact) mass is 680 g/mol. The number of hydrogen-bond donors (Lipinski definition) is 4. The molecule has 0 aromatic carbocycles. The molecule has 0 radical (unpaired) electrons. The number of aliphatic hydroxyl groups excluding tert-OH is 3. The van der Waals surface area contributed by atoms with E-state index in [1.54, 1.807) is 0 Å². The van der Waals surface area contributed by atoms with Crippen molar-refractivity contribution in [3.05, 3.63) is 12.2 Å². The third-order valence-electron chi connectivity index (χ3n) is 10.1. The van der Waals surface area contributed by atoms with Crippen LogP contribution in [0.5, 0.6) is 0 Å². The van der Waals surface area contributed by atoms with Crippen molar-refractivity contribution in [2.24, 2.45) is 0 Å². The van der Waals surface area contributed by atoms with Crippen LogP contribution in [0.25, 0.3) is 0 Å². The number of rotatable bonds is 39. The standard InChI is InChI=1S/C43H85NO4/c1-3-5-7-9-11-13-15-17-19-21-23-25-27-29-31-33-35-37-41(46)40(39-45)44-43(48)42(47)38-36-34-32-30-28-26-24-22-20-18-16-14-12-10-8-6-4-2/h24,26,40-42,45-47H,3-23,25,27-39H2,1-2H3,(H,44,48)/b26-24-. The van der Waals surface area contributed by atoms with Crippen LogP contribution in [0.2, 0.25) is 0 Å². The molecule has 0 aliphatic rings. The Bertz CT molecular complexity index is 669. The Hall–Kier alpha value is -0.910. The van der Waals surface area contributed by atoms with Gasteiger partial charge in [0.05, 0.1) is 18.8 Å². The second-order valence-electron chi connectivity index (χ2n) is 14.9. The molecular formula is C43H85NO4. The van der Waals surface area contributed by atoms with Crippen molar-refractivity contribution >= 4 is 5.91 Å². The summed E-state index contributed by atoms with van der Waals surface area (Å²) in [5.41, 5.74) is 0. The molecule has 0 aromatic heterocycles. The molecule has 4 N–H and O–H groups in total. The van der Waals surface area contributed by atoms with Gasteiger partial charge >= 0.3 is 0 Å². The Kier molecular flexibility index (Phi) is 38.1. The average molecular weight is 680 g/mol. The summed E-state index contributed by atoms with van der Waals surface area (Å²) in [5.74, 6) is -0.477. The van der Waals surface area contributed by atoms with Crippen LogP contribution in [0, 0.1) is 0 Å². The first kappa shape index (κ1) is 47.1. The van der Waals surface area contributed by atoms with Crippen LogP contribution in [0.3, 0.4) is 0 Å². The second-order valence-corrected chi connectivity index (χ2v) is 14.9. The molecule has 1 amide bonds. The molecule has 286 valence electrons. The third kappa shape index (κ3) is 33.6. The summed E-state index contributed by atoms with van der Waals surface area (Å²) in [5, 5.41) is 33.3. The van der Waals surface area contributed by atoms with Crippen molar-refractivity contribution in [2.45, 2.75) is 250 Å². The quantitative estimate of drug-likeness (QED) is 0.0384. The van der Waals surface area contributed by atoms with Crippen molar-refractivity contribution in [3.8, 4) is 0 Å². The number of unbranched alkanes of at least 4 members (excludes halogenated alkanes) is 29. The Morgan fingerprint density at radius 2 is 0.792 bits per heavy atom. The summed E-state index contributed by atoms with van der Waals surface area (Å²) in [4.78, 5) is 12.5. The van der Waals surface area contributed by atoms with Crippen LogP contribution in [-0.4, -0.2) is 46.1 Å². The molecule has 0 aromatic rings. The van der Waals surface area contributed by atoms with E-state index in [-0.39, 0.29) is 6.61 Å². The number of aliphatic hydroxyl groups is 3.